The maximum absolute atomic E-state index is 11.7. The number of thiazole rings is 1. The average molecular weight is 253 g/mol. The van der Waals surface area contributed by atoms with Gasteiger partial charge in [0.05, 0.1) is 12.1 Å². The maximum atomic E-state index is 11.7. The fourth-order valence-electron chi connectivity index (χ4n) is 1.84. The molecule has 0 aliphatic carbocycles. The van der Waals surface area contributed by atoms with Crippen LogP contribution in [0.1, 0.15) is 23.9 Å². The third kappa shape index (κ3) is 2.17. The molecule has 0 radical (unpaired) electrons. The van der Waals surface area contributed by atoms with Crippen molar-refractivity contribution in [1.82, 2.24) is 9.88 Å². The Balaban J connectivity index is 2.11. The van der Waals surface area contributed by atoms with Crippen molar-refractivity contribution in [3.05, 3.63) is 10.6 Å². The summed E-state index contributed by atoms with van der Waals surface area (Å²) >= 11 is 1.53. The van der Waals surface area contributed by atoms with Gasteiger partial charge in [-0.2, -0.15) is 0 Å². The van der Waals surface area contributed by atoms with Gasteiger partial charge in [0, 0.05) is 11.9 Å². The summed E-state index contributed by atoms with van der Waals surface area (Å²) in [7, 11) is 1.51. The SMILES string of the molecule is CCc1nc(NC2CC(=O)N(C)C2=O)sc1C. The van der Waals surface area contributed by atoms with E-state index in [-0.39, 0.29) is 18.2 Å². The van der Waals surface area contributed by atoms with Crippen LogP contribution in [0.2, 0.25) is 0 Å². The number of imide groups is 1. The van der Waals surface area contributed by atoms with E-state index >= 15 is 0 Å². The van der Waals surface area contributed by atoms with Crippen molar-refractivity contribution in [3.63, 3.8) is 0 Å². The lowest BCUT2D eigenvalue weighted by Crippen LogP contribution is -2.31. The number of rotatable bonds is 3. The monoisotopic (exact) mass is 253 g/mol. The predicted octanol–water partition coefficient (Wildman–Crippen LogP) is 1.18. The molecular weight excluding hydrogens is 238 g/mol. The zero-order chi connectivity index (χ0) is 12.6. The van der Waals surface area contributed by atoms with Gasteiger partial charge in [0.2, 0.25) is 5.91 Å². The molecule has 1 unspecified atom stereocenters. The van der Waals surface area contributed by atoms with Crippen LogP contribution in [0.4, 0.5) is 5.13 Å². The Morgan fingerprint density at radius 3 is 2.71 bits per heavy atom. The lowest BCUT2D eigenvalue weighted by molar-refractivity contribution is -0.136. The van der Waals surface area contributed by atoms with Gasteiger partial charge in [0.25, 0.3) is 5.91 Å². The highest BCUT2D eigenvalue weighted by atomic mass is 32.1. The Hall–Kier alpha value is -1.43. The van der Waals surface area contributed by atoms with Crippen LogP contribution in [0.15, 0.2) is 0 Å². The van der Waals surface area contributed by atoms with Crippen molar-refractivity contribution in [1.29, 1.82) is 0 Å². The van der Waals surface area contributed by atoms with Crippen molar-refractivity contribution in [2.45, 2.75) is 32.7 Å². The second kappa shape index (κ2) is 4.44. The molecule has 1 N–H and O–H groups in total. The summed E-state index contributed by atoms with van der Waals surface area (Å²) in [6.45, 7) is 4.05. The molecule has 5 nitrogen and oxygen atoms in total. The fraction of sp³-hybridized carbons (Fsp3) is 0.545. The Kier molecular flexibility index (Phi) is 3.15. The van der Waals surface area contributed by atoms with Gasteiger partial charge in [-0.3, -0.25) is 14.5 Å². The largest absolute Gasteiger partial charge is 0.349 e. The van der Waals surface area contributed by atoms with Gasteiger partial charge < -0.3 is 5.32 Å². The van der Waals surface area contributed by atoms with Crippen molar-refractivity contribution in [3.8, 4) is 0 Å². The van der Waals surface area contributed by atoms with Crippen molar-refractivity contribution < 1.29 is 9.59 Å². The summed E-state index contributed by atoms with van der Waals surface area (Å²) in [5.74, 6) is -0.322. The minimum absolute atomic E-state index is 0.142. The molecule has 1 aromatic rings. The molecule has 2 amide bonds. The first kappa shape index (κ1) is 12.0. The standard InChI is InChI=1S/C11H15N3O2S/c1-4-7-6(2)17-11(12-7)13-8-5-9(15)14(3)10(8)16/h8H,4-5H2,1-3H3,(H,12,13). The minimum Gasteiger partial charge on any atom is -0.349 e. The van der Waals surface area contributed by atoms with Gasteiger partial charge in [0.15, 0.2) is 5.13 Å². The van der Waals surface area contributed by atoms with E-state index in [0.717, 1.165) is 22.1 Å². The van der Waals surface area contributed by atoms with Crippen molar-refractivity contribution >= 4 is 28.3 Å². The van der Waals surface area contributed by atoms with Crippen LogP contribution in [-0.2, 0) is 16.0 Å². The van der Waals surface area contributed by atoms with Gasteiger partial charge in [-0.15, -0.1) is 11.3 Å². The third-order valence-corrected chi connectivity index (χ3v) is 3.85. The summed E-state index contributed by atoms with van der Waals surface area (Å²) < 4.78 is 0. The van der Waals surface area contributed by atoms with E-state index in [1.165, 1.54) is 23.3 Å². The van der Waals surface area contributed by atoms with Crippen LogP contribution >= 0.6 is 11.3 Å². The molecule has 92 valence electrons. The number of nitrogens with one attached hydrogen (secondary N) is 1. The molecule has 1 aromatic heterocycles. The van der Waals surface area contributed by atoms with Gasteiger partial charge >= 0.3 is 0 Å². The lowest BCUT2D eigenvalue weighted by atomic mass is 10.2. The highest BCUT2D eigenvalue weighted by Gasteiger charge is 2.36. The summed E-state index contributed by atoms with van der Waals surface area (Å²) in [6.07, 6.45) is 1.09. The molecule has 0 bridgehead atoms. The maximum Gasteiger partial charge on any atom is 0.251 e. The van der Waals surface area contributed by atoms with E-state index in [2.05, 4.69) is 10.3 Å². The third-order valence-electron chi connectivity index (χ3n) is 2.91. The molecule has 1 saturated heterocycles. The zero-order valence-corrected chi connectivity index (χ0v) is 10.9. The van der Waals surface area contributed by atoms with Crippen LogP contribution in [0, 0.1) is 6.92 Å². The molecule has 17 heavy (non-hydrogen) atoms. The highest BCUT2D eigenvalue weighted by molar-refractivity contribution is 7.15. The van der Waals surface area contributed by atoms with Crippen LogP contribution in [-0.4, -0.2) is 34.8 Å². The molecule has 1 aliphatic rings. The van der Waals surface area contributed by atoms with E-state index in [4.69, 9.17) is 0 Å². The van der Waals surface area contributed by atoms with Gasteiger partial charge in [-0.1, -0.05) is 6.92 Å². The molecule has 0 saturated carbocycles. The number of carbonyl (C=O) groups excluding carboxylic acids is 2. The molecule has 6 heteroatoms. The molecule has 2 rings (SSSR count). The lowest BCUT2D eigenvalue weighted by Gasteiger charge is -2.09. The van der Waals surface area contributed by atoms with Crippen LogP contribution < -0.4 is 5.32 Å². The molecule has 2 heterocycles. The Morgan fingerprint density at radius 1 is 1.53 bits per heavy atom. The molecule has 1 fully saturated rings. The second-order valence-corrected chi connectivity index (χ2v) is 5.27. The predicted molar refractivity (Wildman–Crippen MR) is 66.0 cm³/mol. The average Bonchev–Trinajstić information content (AvgIpc) is 2.76. The first-order chi connectivity index (χ1) is 8.02. The smallest absolute Gasteiger partial charge is 0.251 e. The molecule has 0 spiro atoms. The normalized spacial score (nSPS) is 20.2. The van der Waals surface area contributed by atoms with Gasteiger partial charge in [0.1, 0.15) is 6.04 Å². The van der Waals surface area contributed by atoms with Crippen LogP contribution in [0.25, 0.3) is 0 Å². The summed E-state index contributed by atoms with van der Waals surface area (Å²) in [4.78, 5) is 29.8. The number of likely N-dealkylation sites (N-methyl/N-ethyl adjacent to an activating group) is 1. The Morgan fingerprint density at radius 2 is 2.24 bits per heavy atom. The first-order valence-corrected chi connectivity index (χ1v) is 6.37. The Bertz CT molecular complexity index is 469. The van der Waals surface area contributed by atoms with Crippen molar-refractivity contribution in [2.24, 2.45) is 0 Å². The summed E-state index contributed by atoms with van der Waals surface area (Å²) in [6, 6.07) is -0.456. The number of aromatic nitrogens is 1. The minimum atomic E-state index is -0.456. The fourth-order valence-corrected chi connectivity index (χ4v) is 2.79. The molecule has 0 aromatic carbocycles. The Labute approximate surface area is 104 Å². The number of aryl methyl sites for hydroxylation is 2. The molecule has 1 atom stereocenters. The van der Waals surface area contributed by atoms with E-state index in [1.54, 1.807) is 0 Å². The number of carbonyl (C=O) groups is 2. The summed E-state index contributed by atoms with van der Waals surface area (Å²) in [5.41, 5.74) is 1.04. The number of nitrogens with zero attached hydrogens (tertiary/aromatic N) is 2. The molecule has 1 aliphatic heterocycles. The van der Waals surface area contributed by atoms with E-state index < -0.39 is 6.04 Å². The first-order valence-electron chi connectivity index (χ1n) is 5.56. The summed E-state index contributed by atoms with van der Waals surface area (Å²) in [5, 5.41) is 3.77. The highest BCUT2D eigenvalue weighted by Crippen LogP contribution is 2.25. The number of hydrogen-bond acceptors (Lipinski definition) is 5. The number of hydrogen-bond donors (Lipinski definition) is 1. The van der Waals surface area contributed by atoms with Gasteiger partial charge in [-0.05, 0) is 13.3 Å². The topological polar surface area (TPSA) is 62.3 Å². The number of likely N-dealkylation sites (tertiary alicyclic amines) is 1. The number of anilines is 1. The van der Waals surface area contributed by atoms with E-state index in [0.29, 0.717) is 0 Å². The van der Waals surface area contributed by atoms with Crippen molar-refractivity contribution in [2.75, 3.05) is 12.4 Å². The van der Waals surface area contributed by atoms with E-state index in [9.17, 15) is 9.59 Å². The number of amides is 2. The second-order valence-electron chi connectivity index (χ2n) is 4.07. The van der Waals surface area contributed by atoms with Crippen LogP contribution in [0.5, 0.6) is 0 Å². The quantitative estimate of drug-likeness (QED) is 0.822. The van der Waals surface area contributed by atoms with Crippen LogP contribution in [0.3, 0.4) is 0 Å². The van der Waals surface area contributed by atoms with E-state index in [1.807, 2.05) is 13.8 Å². The van der Waals surface area contributed by atoms with Gasteiger partial charge in [-0.25, -0.2) is 4.98 Å². The molecular formula is C11H15N3O2S. The zero-order valence-electron chi connectivity index (χ0n) is 10.1.